The molecule has 5 nitrogen and oxygen atoms in total. The van der Waals surface area contributed by atoms with E-state index in [4.69, 9.17) is 0 Å². The fourth-order valence-corrected chi connectivity index (χ4v) is 2.44. The smallest absolute Gasteiger partial charge is 0.317 e. The highest BCUT2D eigenvalue weighted by molar-refractivity contribution is 5.77. The molecule has 1 unspecified atom stereocenters. The first-order valence-electron chi connectivity index (χ1n) is 6.05. The Hall–Kier alpha value is -2.17. The lowest BCUT2D eigenvalue weighted by atomic mass is 10.1. The predicted molar refractivity (Wildman–Crippen MR) is 65.9 cm³/mol. The van der Waals surface area contributed by atoms with Crippen LogP contribution in [0.15, 0.2) is 43.2 Å². The Morgan fingerprint density at radius 2 is 2.28 bits per heavy atom. The Morgan fingerprint density at radius 1 is 1.33 bits per heavy atom. The molecule has 0 N–H and O–H groups in total. The first kappa shape index (κ1) is 11.0. The maximum atomic E-state index is 12.3. The molecule has 0 saturated carbocycles. The minimum atomic E-state index is -0.0150. The lowest BCUT2D eigenvalue weighted by Crippen LogP contribution is -2.33. The zero-order valence-electron chi connectivity index (χ0n) is 9.94. The summed E-state index contributed by atoms with van der Waals surface area (Å²) in [6, 6.07) is 4.05. The number of pyridine rings is 1. The first-order chi connectivity index (χ1) is 8.86. The van der Waals surface area contributed by atoms with Crippen molar-refractivity contribution < 1.29 is 4.79 Å². The van der Waals surface area contributed by atoms with E-state index in [2.05, 4.69) is 9.97 Å². The zero-order valence-corrected chi connectivity index (χ0v) is 9.94. The van der Waals surface area contributed by atoms with Gasteiger partial charge in [0, 0.05) is 31.3 Å². The Bertz CT molecular complexity index is 523. The van der Waals surface area contributed by atoms with Crippen LogP contribution in [0.3, 0.4) is 0 Å². The number of carbonyl (C=O) groups excluding carboxylic acids is 1. The number of carbonyl (C=O) groups is 1. The molecule has 0 aromatic carbocycles. The van der Waals surface area contributed by atoms with Gasteiger partial charge in [-0.15, -0.1) is 0 Å². The van der Waals surface area contributed by atoms with Crippen LogP contribution in [0.25, 0.3) is 0 Å². The molecule has 2 aromatic rings. The maximum Gasteiger partial charge on any atom is 0.329 e. The quantitative estimate of drug-likeness (QED) is 0.769. The minimum absolute atomic E-state index is 0.0150. The largest absolute Gasteiger partial charge is 0.329 e. The fourth-order valence-electron chi connectivity index (χ4n) is 2.44. The van der Waals surface area contributed by atoms with Crippen molar-refractivity contribution in [2.24, 2.45) is 0 Å². The molecule has 3 rings (SSSR count). The van der Waals surface area contributed by atoms with E-state index in [1.54, 1.807) is 24.9 Å². The third-order valence-corrected chi connectivity index (χ3v) is 3.29. The van der Waals surface area contributed by atoms with Crippen molar-refractivity contribution in [1.29, 1.82) is 0 Å². The van der Waals surface area contributed by atoms with Gasteiger partial charge in [-0.2, -0.15) is 0 Å². The van der Waals surface area contributed by atoms with Crippen LogP contribution in [0.5, 0.6) is 0 Å². The van der Waals surface area contributed by atoms with Crippen molar-refractivity contribution in [2.45, 2.75) is 18.9 Å². The molecular weight excluding hydrogens is 228 g/mol. The highest BCUT2D eigenvalue weighted by Gasteiger charge is 2.30. The molecule has 1 atom stereocenters. The minimum Gasteiger partial charge on any atom is -0.317 e. The summed E-state index contributed by atoms with van der Waals surface area (Å²) < 4.78 is 1.52. The second-order valence-corrected chi connectivity index (χ2v) is 4.39. The molecule has 92 valence electrons. The normalized spacial score (nSPS) is 19.1. The Labute approximate surface area is 105 Å². The molecular formula is C13H14N4O. The van der Waals surface area contributed by atoms with E-state index >= 15 is 0 Å². The summed E-state index contributed by atoms with van der Waals surface area (Å²) >= 11 is 0. The van der Waals surface area contributed by atoms with Crippen LogP contribution < -0.4 is 0 Å². The second-order valence-electron chi connectivity index (χ2n) is 4.39. The first-order valence-corrected chi connectivity index (χ1v) is 6.05. The summed E-state index contributed by atoms with van der Waals surface area (Å²) in [5.74, 6) is 0. The van der Waals surface area contributed by atoms with Gasteiger partial charge in [0.25, 0.3) is 0 Å². The van der Waals surface area contributed by atoms with Gasteiger partial charge >= 0.3 is 6.03 Å². The number of amides is 1. The molecule has 18 heavy (non-hydrogen) atoms. The van der Waals surface area contributed by atoms with Crippen LogP contribution in [0.2, 0.25) is 0 Å². The molecule has 5 heteroatoms. The lowest BCUT2D eigenvalue weighted by Gasteiger charge is -2.24. The van der Waals surface area contributed by atoms with Gasteiger partial charge in [-0.25, -0.2) is 9.78 Å². The topological polar surface area (TPSA) is 51.0 Å². The van der Waals surface area contributed by atoms with Crippen LogP contribution in [-0.4, -0.2) is 32.0 Å². The number of nitrogens with zero attached hydrogens (tertiary/aromatic N) is 4. The van der Waals surface area contributed by atoms with E-state index in [1.165, 1.54) is 4.57 Å². The van der Waals surface area contributed by atoms with Gasteiger partial charge in [-0.3, -0.25) is 9.55 Å². The Kier molecular flexibility index (Phi) is 2.80. The van der Waals surface area contributed by atoms with Crippen molar-refractivity contribution in [3.05, 3.63) is 48.8 Å². The highest BCUT2D eigenvalue weighted by Crippen LogP contribution is 2.31. The van der Waals surface area contributed by atoms with Crippen LogP contribution >= 0.6 is 0 Å². The predicted octanol–water partition coefficient (Wildman–Crippen LogP) is 2.08. The summed E-state index contributed by atoms with van der Waals surface area (Å²) in [4.78, 5) is 22.3. The second kappa shape index (κ2) is 4.60. The van der Waals surface area contributed by atoms with Crippen molar-refractivity contribution in [3.63, 3.8) is 0 Å². The molecule has 1 fully saturated rings. The average Bonchev–Trinajstić information content (AvgIpc) is 3.10. The van der Waals surface area contributed by atoms with Crippen LogP contribution in [0, 0.1) is 0 Å². The van der Waals surface area contributed by atoms with E-state index in [1.807, 2.05) is 23.2 Å². The average molecular weight is 242 g/mol. The monoisotopic (exact) mass is 242 g/mol. The van der Waals surface area contributed by atoms with E-state index in [0.717, 1.165) is 24.9 Å². The summed E-state index contributed by atoms with van der Waals surface area (Å²) in [6.07, 6.45) is 10.5. The molecule has 1 amide bonds. The number of aromatic nitrogens is 3. The van der Waals surface area contributed by atoms with Crippen LogP contribution in [0.4, 0.5) is 4.79 Å². The molecule has 0 spiro atoms. The number of imidazole rings is 1. The maximum absolute atomic E-state index is 12.3. The van der Waals surface area contributed by atoms with Gasteiger partial charge in [0.05, 0.1) is 6.04 Å². The number of likely N-dealkylation sites (tertiary alicyclic amines) is 1. The van der Waals surface area contributed by atoms with E-state index in [-0.39, 0.29) is 12.1 Å². The molecule has 1 aliphatic rings. The fraction of sp³-hybridized carbons (Fsp3) is 0.308. The molecule has 0 radical (unpaired) electrons. The van der Waals surface area contributed by atoms with Crippen LogP contribution in [0.1, 0.15) is 24.4 Å². The van der Waals surface area contributed by atoms with Gasteiger partial charge in [-0.05, 0) is 24.5 Å². The number of hydrogen-bond donors (Lipinski definition) is 0. The lowest BCUT2D eigenvalue weighted by molar-refractivity contribution is 0.194. The third kappa shape index (κ3) is 1.88. The Balaban J connectivity index is 1.86. The van der Waals surface area contributed by atoms with E-state index in [0.29, 0.717) is 0 Å². The van der Waals surface area contributed by atoms with E-state index < -0.39 is 0 Å². The molecule has 0 bridgehead atoms. The third-order valence-electron chi connectivity index (χ3n) is 3.29. The van der Waals surface area contributed by atoms with Crippen molar-refractivity contribution in [2.75, 3.05) is 6.54 Å². The molecule has 2 aromatic heterocycles. The van der Waals surface area contributed by atoms with E-state index in [9.17, 15) is 4.79 Å². The van der Waals surface area contributed by atoms with Gasteiger partial charge in [0.15, 0.2) is 0 Å². The number of rotatable bonds is 1. The molecule has 0 aliphatic carbocycles. The highest BCUT2D eigenvalue weighted by atomic mass is 16.2. The summed E-state index contributed by atoms with van der Waals surface area (Å²) in [5.41, 5.74) is 1.10. The van der Waals surface area contributed by atoms with Crippen molar-refractivity contribution >= 4 is 6.03 Å². The van der Waals surface area contributed by atoms with Crippen molar-refractivity contribution in [1.82, 2.24) is 19.4 Å². The summed E-state index contributed by atoms with van der Waals surface area (Å²) in [6.45, 7) is 0.788. The van der Waals surface area contributed by atoms with Gasteiger partial charge in [0.2, 0.25) is 0 Å². The SMILES string of the molecule is O=C(N1CCCC1c1cccnc1)n1ccnc1. The standard InChI is InChI=1S/C13H14N4O/c18-13(16-8-6-15-10-16)17-7-2-4-12(17)11-3-1-5-14-9-11/h1,3,5-6,8-10,12H,2,4,7H2. The summed E-state index contributed by atoms with van der Waals surface area (Å²) in [5, 5.41) is 0. The van der Waals surface area contributed by atoms with Gasteiger partial charge in [-0.1, -0.05) is 6.07 Å². The molecule has 1 aliphatic heterocycles. The van der Waals surface area contributed by atoms with Crippen LogP contribution in [-0.2, 0) is 0 Å². The molecule has 1 saturated heterocycles. The van der Waals surface area contributed by atoms with Crippen molar-refractivity contribution in [3.8, 4) is 0 Å². The Morgan fingerprint density at radius 3 is 3.00 bits per heavy atom. The molecule has 3 heterocycles. The number of hydrogen-bond acceptors (Lipinski definition) is 3. The zero-order chi connectivity index (χ0) is 12.4. The van der Waals surface area contributed by atoms with Gasteiger partial charge in [0.1, 0.15) is 6.33 Å². The van der Waals surface area contributed by atoms with Gasteiger partial charge < -0.3 is 4.90 Å². The summed E-state index contributed by atoms with van der Waals surface area (Å²) in [7, 11) is 0.